The number of fused-ring (bicyclic) bond motifs is 1. The zero-order valence-electron chi connectivity index (χ0n) is 21.2. The van der Waals surface area contributed by atoms with Gasteiger partial charge in [-0.05, 0) is 42.2 Å². The lowest BCUT2D eigenvalue weighted by molar-refractivity contribution is -0.142. The number of amides is 3. The lowest BCUT2D eigenvalue weighted by Gasteiger charge is -2.40. The number of hydrogen-bond donors (Lipinski definition) is 1. The van der Waals surface area contributed by atoms with E-state index in [-0.39, 0.29) is 40.9 Å². The Kier molecular flexibility index (Phi) is 7.21. The van der Waals surface area contributed by atoms with Gasteiger partial charge in [-0.3, -0.25) is 18.7 Å². The van der Waals surface area contributed by atoms with Crippen LogP contribution in [-0.2, 0) is 24.4 Å². The molecule has 0 atom stereocenters. The molecule has 0 bridgehead atoms. The number of alkyl halides is 3. The first-order valence-corrected chi connectivity index (χ1v) is 12.6. The van der Waals surface area contributed by atoms with Gasteiger partial charge in [-0.25, -0.2) is 14.0 Å². The van der Waals surface area contributed by atoms with Crippen molar-refractivity contribution in [3.63, 3.8) is 0 Å². The van der Waals surface area contributed by atoms with Crippen LogP contribution in [0.4, 0.5) is 28.0 Å². The minimum Gasteiger partial charge on any atom is -0.341 e. The highest BCUT2D eigenvalue weighted by atomic mass is 19.4. The number of hydrogen-bond acceptors (Lipinski definition) is 4. The average Bonchev–Trinajstić information content (AvgIpc) is 2.91. The van der Waals surface area contributed by atoms with Gasteiger partial charge in [-0.2, -0.15) is 13.2 Å². The third-order valence-corrected chi connectivity index (χ3v) is 7.13. The summed E-state index contributed by atoms with van der Waals surface area (Å²) in [6, 6.07) is 11.8. The number of aromatic nitrogens is 2. The summed E-state index contributed by atoms with van der Waals surface area (Å²) in [4.78, 5) is 54.6. The minimum atomic E-state index is -4.88. The van der Waals surface area contributed by atoms with E-state index in [1.54, 1.807) is 4.90 Å². The number of nitrogens with zero attached hydrogens (tertiary/aromatic N) is 4. The number of carbonyl (C=O) groups excluding carboxylic acids is 2. The van der Waals surface area contributed by atoms with Crippen molar-refractivity contribution in [1.82, 2.24) is 18.9 Å². The number of halogens is 4. The smallest absolute Gasteiger partial charge is 0.341 e. The fourth-order valence-electron chi connectivity index (χ4n) is 5.13. The first-order valence-electron chi connectivity index (χ1n) is 12.6. The maximum Gasteiger partial charge on any atom is 0.406 e. The summed E-state index contributed by atoms with van der Waals surface area (Å²) in [7, 11) is 0. The first-order chi connectivity index (χ1) is 19.0. The highest BCUT2D eigenvalue weighted by molar-refractivity contribution is 5.92. The maximum absolute atomic E-state index is 13.8. The number of piperidine rings is 1. The van der Waals surface area contributed by atoms with Crippen LogP contribution in [-0.4, -0.2) is 56.2 Å². The Hall–Kier alpha value is -4.42. The molecule has 40 heavy (non-hydrogen) atoms. The molecule has 2 aliphatic rings. The van der Waals surface area contributed by atoms with Gasteiger partial charge >= 0.3 is 17.9 Å². The van der Waals surface area contributed by atoms with E-state index < -0.39 is 42.2 Å². The fraction of sp³-hybridized carbons (Fsp3) is 0.333. The van der Waals surface area contributed by atoms with E-state index in [9.17, 15) is 36.7 Å². The van der Waals surface area contributed by atoms with Gasteiger partial charge in [-0.15, -0.1) is 0 Å². The van der Waals surface area contributed by atoms with Gasteiger partial charge in [0, 0.05) is 37.6 Å². The van der Waals surface area contributed by atoms with Crippen molar-refractivity contribution in [2.24, 2.45) is 0 Å². The van der Waals surface area contributed by atoms with Crippen LogP contribution in [0.5, 0.6) is 0 Å². The van der Waals surface area contributed by atoms with Crippen LogP contribution >= 0.6 is 0 Å². The predicted molar refractivity (Wildman–Crippen MR) is 137 cm³/mol. The number of carbonyl (C=O) groups is 2. The van der Waals surface area contributed by atoms with E-state index >= 15 is 0 Å². The third kappa shape index (κ3) is 5.63. The molecule has 1 saturated heterocycles. The van der Waals surface area contributed by atoms with Crippen molar-refractivity contribution in [2.45, 2.75) is 44.7 Å². The van der Waals surface area contributed by atoms with Crippen LogP contribution in [0.1, 0.15) is 18.4 Å². The molecule has 210 valence electrons. The topological polar surface area (TPSA) is 96.7 Å². The average molecular weight is 560 g/mol. The number of benzene rings is 2. The standard InChI is InChI=1S/C27H25F4N5O4/c28-19-6-3-5-17(12-19)21-14-34(26(40)36(24(21)38)16-27(29,30)31)15-23(37)33-10-8-20(9-11-33)35-13-18-4-1-2-7-22(18)32-25(35)39/h1-7,12,14,20H,8-11,13,15-16H2,(H,32,39). The SMILES string of the molecule is O=C(Cn1cc(-c2cccc(F)c2)c(=O)n(CC(F)(F)F)c1=O)N1CCC(N2Cc3ccccc3NC2=O)CC1. The van der Waals surface area contributed by atoms with Crippen molar-refractivity contribution >= 4 is 17.6 Å². The van der Waals surface area contributed by atoms with Crippen LogP contribution in [0.2, 0.25) is 0 Å². The maximum atomic E-state index is 13.8. The lowest BCUT2D eigenvalue weighted by Crippen LogP contribution is -2.52. The molecule has 0 saturated carbocycles. The zero-order valence-corrected chi connectivity index (χ0v) is 21.2. The molecule has 2 aromatic carbocycles. The van der Waals surface area contributed by atoms with Gasteiger partial charge in [0.05, 0.1) is 5.56 Å². The Bertz CT molecular complexity index is 1570. The van der Waals surface area contributed by atoms with Gasteiger partial charge in [0.25, 0.3) is 5.56 Å². The summed E-state index contributed by atoms with van der Waals surface area (Å²) < 4.78 is 54.2. The minimum absolute atomic E-state index is 0.00651. The van der Waals surface area contributed by atoms with Crippen LogP contribution in [0, 0.1) is 5.82 Å². The summed E-state index contributed by atoms with van der Waals surface area (Å²) in [5.74, 6) is -1.25. The van der Waals surface area contributed by atoms with Gasteiger partial charge in [-0.1, -0.05) is 30.3 Å². The van der Waals surface area contributed by atoms with E-state index in [0.29, 0.717) is 19.4 Å². The van der Waals surface area contributed by atoms with Gasteiger partial charge in [0.2, 0.25) is 5.91 Å². The molecular formula is C27H25F4N5O4. The number of likely N-dealkylation sites (tertiary alicyclic amines) is 1. The lowest BCUT2D eigenvalue weighted by atomic mass is 10.0. The van der Waals surface area contributed by atoms with E-state index in [1.165, 1.54) is 17.0 Å². The summed E-state index contributed by atoms with van der Waals surface area (Å²) in [6.07, 6.45) is -2.95. The van der Waals surface area contributed by atoms with Gasteiger partial charge in [0.1, 0.15) is 18.9 Å². The van der Waals surface area contributed by atoms with E-state index in [1.807, 2.05) is 24.3 Å². The Labute approximate surface area is 225 Å². The molecule has 1 fully saturated rings. The molecular weight excluding hydrogens is 534 g/mol. The van der Waals surface area contributed by atoms with Crippen molar-refractivity contribution in [1.29, 1.82) is 0 Å². The highest BCUT2D eigenvalue weighted by Gasteiger charge is 2.34. The Morgan fingerprint density at radius 3 is 2.42 bits per heavy atom. The van der Waals surface area contributed by atoms with E-state index in [4.69, 9.17) is 0 Å². The molecule has 0 radical (unpaired) electrons. The zero-order chi connectivity index (χ0) is 28.6. The molecule has 5 rings (SSSR count). The Balaban J connectivity index is 1.34. The number of urea groups is 1. The molecule has 3 amide bonds. The summed E-state index contributed by atoms with van der Waals surface area (Å²) >= 11 is 0. The Morgan fingerprint density at radius 1 is 1.00 bits per heavy atom. The van der Waals surface area contributed by atoms with E-state index in [2.05, 4.69) is 5.32 Å². The van der Waals surface area contributed by atoms with Crippen LogP contribution in [0.15, 0.2) is 64.3 Å². The van der Waals surface area contributed by atoms with Gasteiger partial charge < -0.3 is 15.1 Å². The Morgan fingerprint density at radius 2 is 1.73 bits per heavy atom. The summed E-state index contributed by atoms with van der Waals surface area (Å²) in [6.45, 7) is -1.50. The largest absolute Gasteiger partial charge is 0.406 e. The van der Waals surface area contributed by atoms with Crippen LogP contribution < -0.4 is 16.6 Å². The summed E-state index contributed by atoms with van der Waals surface area (Å²) in [5, 5.41) is 2.87. The number of rotatable bonds is 5. The molecule has 0 unspecified atom stereocenters. The fourth-order valence-corrected chi connectivity index (χ4v) is 5.13. The molecule has 3 heterocycles. The normalized spacial score (nSPS) is 16.1. The molecule has 2 aliphatic heterocycles. The second-order valence-electron chi connectivity index (χ2n) is 9.80. The van der Waals surface area contributed by atoms with Crippen molar-refractivity contribution in [2.75, 3.05) is 18.4 Å². The molecule has 9 nitrogen and oxygen atoms in total. The molecule has 13 heteroatoms. The van der Waals surface area contributed by atoms with Crippen molar-refractivity contribution in [3.05, 3.63) is 86.9 Å². The van der Waals surface area contributed by atoms with Crippen molar-refractivity contribution in [3.8, 4) is 11.1 Å². The summed E-state index contributed by atoms with van der Waals surface area (Å²) in [5.41, 5.74) is -1.17. The molecule has 0 spiro atoms. The number of nitrogens with one attached hydrogen (secondary N) is 1. The predicted octanol–water partition coefficient (Wildman–Crippen LogP) is 3.42. The van der Waals surface area contributed by atoms with Crippen LogP contribution in [0.3, 0.4) is 0 Å². The third-order valence-electron chi connectivity index (χ3n) is 7.13. The quantitative estimate of drug-likeness (QED) is 0.485. The molecule has 1 N–H and O–H groups in total. The van der Waals surface area contributed by atoms with E-state index in [0.717, 1.165) is 34.1 Å². The molecule has 3 aromatic rings. The van der Waals surface area contributed by atoms with Crippen molar-refractivity contribution < 1.29 is 27.2 Å². The highest BCUT2D eigenvalue weighted by Crippen LogP contribution is 2.27. The number of para-hydroxylation sites is 1. The molecule has 1 aromatic heterocycles. The van der Waals surface area contributed by atoms with Crippen LogP contribution in [0.25, 0.3) is 11.1 Å². The molecule has 0 aliphatic carbocycles. The second kappa shape index (κ2) is 10.6. The monoisotopic (exact) mass is 559 g/mol. The second-order valence-corrected chi connectivity index (χ2v) is 9.80. The number of anilines is 1. The first kappa shape index (κ1) is 27.2. The van der Waals surface area contributed by atoms with Gasteiger partial charge in [0.15, 0.2) is 0 Å².